The van der Waals surface area contributed by atoms with Gasteiger partial charge in [0.1, 0.15) is 0 Å². The summed E-state index contributed by atoms with van der Waals surface area (Å²) in [7, 11) is 5.38. The number of likely N-dealkylation sites (N-methyl/N-ethyl adjacent to an activating group) is 1. The lowest BCUT2D eigenvalue weighted by Gasteiger charge is -2.22. The van der Waals surface area contributed by atoms with E-state index in [1.807, 2.05) is 12.1 Å². The molecule has 0 heterocycles. The van der Waals surface area contributed by atoms with Gasteiger partial charge in [0, 0.05) is 39.9 Å². The van der Waals surface area contributed by atoms with E-state index in [0.29, 0.717) is 5.92 Å². The van der Waals surface area contributed by atoms with Crippen molar-refractivity contribution in [3.8, 4) is 11.5 Å². The molecule has 1 aromatic rings. The Morgan fingerprint density at radius 2 is 1.89 bits per heavy atom. The van der Waals surface area contributed by atoms with E-state index >= 15 is 0 Å². The molecule has 0 aliphatic rings. The fraction of sp³-hybridized carbons (Fsp3) is 0.667. The number of methoxy groups -OCH3 is 2. The zero-order chi connectivity index (χ0) is 20.1. The van der Waals surface area contributed by atoms with Gasteiger partial charge < -0.3 is 24.4 Å². The SMILES string of the molecule is CCNC(=NCCCOCC(C)C)N(C)CCc1ccc(OC)c(OC)c1.I. The number of rotatable bonds is 12. The van der Waals surface area contributed by atoms with E-state index in [1.165, 1.54) is 5.56 Å². The molecule has 6 nitrogen and oxygen atoms in total. The summed E-state index contributed by atoms with van der Waals surface area (Å²) in [6.07, 6.45) is 1.84. The topological polar surface area (TPSA) is 55.3 Å². The Labute approximate surface area is 188 Å². The van der Waals surface area contributed by atoms with Crippen LogP contribution in [0.3, 0.4) is 0 Å². The van der Waals surface area contributed by atoms with Crippen LogP contribution in [0.25, 0.3) is 0 Å². The van der Waals surface area contributed by atoms with Gasteiger partial charge in [0.25, 0.3) is 0 Å². The van der Waals surface area contributed by atoms with Crippen molar-refractivity contribution in [2.24, 2.45) is 10.9 Å². The van der Waals surface area contributed by atoms with E-state index in [1.54, 1.807) is 14.2 Å². The fourth-order valence-electron chi connectivity index (χ4n) is 2.58. The van der Waals surface area contributed by atoms with E-state index in [0.717, 1.165) is 63.1 Å². The maximum Gasteiger partial charge on any atom is 0.193 e. The molecule has 0 atom stereocenters. The smallest absolute Gasteiger partial charge is 0.193 e. The molecule has 0 unspecified atom stereocenters. The Bertz CT molecular complexity index is 568. The van der Waals surface area contributed by atoms with Gasteiger partial charge in [0.05, 0.1) is 14.2 Å². The molecule has 0 fully saturated rings. The summed E-state index contributed by atoms with van der Waals surface area (Å²) in [6.45, 7) is 10.5. The maximum atomic E-state index is 5.62. The van der Waals surface area contributed by atoms with Crippen molar-refractivity contribution >= 4 is 29.9 Å². The number of guanidine groups is 1. The molecule has 1 aromatic carbocycles. The first-order chi connectivity index (χ1) is 13.0. The molecule has 0 saturated carbocycles. The molecule has 162 valence electrons. The van der Waals surface area contributed by atoms with Crippen LogP contribution >= 0.6 is 24.0 Å². The lowest BCUT2D eigenvalue weighted by atomic mass is 10.1. The third-order valence-electron chi connectivity index (χ3n) is 4.04. The van der Waals surface area contributed by atoms with Crippen LogP contribution < -0.4 is 14.8 Å². The van der Waals surface area contributed by atoms with Crippen molar-refractivity contribution in [2.75, 3.05) is 54.1 Å². The largest absolute Gasteiger partial charge is 0.493 e. The molecule has 1 rings (SSSR count). The molecular weight excluding hydrogens is 469 g/mol. The molecule has 0 spiro atoms. The summed E-state index contributed by atoms with van der Waals surface area (Å²) >= 11 is 0. The van der Waals surface area contributed by atoms with Crippen molar-refractivity contribution in [1.29, 1.82) is 0 Å². The van der Waals surface area contributed by atoms with E-state index in [2.05, 4.69) is 44.1 Å². The maximum absolute atomic E-state index is 5.62. The third kappa shape index (κ3) is 10.4. The Balaban J connectivity index is 0.00000729. The number of halogens is 1. The minimum absolute atomic E-state index is 0. The summed E-state index contributed by atoms with van der Waals surface area (Å²) in [5, 5.41) is 3.36. The lowest BCUT2D eigenvalue weighted by molar-refractivity contribution is 0.109. The number of aliphatic imine (C=N–C) groups is 1. The summed E-state index contributed by atoms with van der Waals surface area (Å²) < 4.78 is 16.3. The molecule has 0 saturated heterocycles. The van der Waals surface area contributed by atoms with Crippen molar-refractivity contribution in [1.82, 2.24) is 10.2 Å². The molecule has 0 radical (unpaired) electrons. The van der Waals surface area contributed by atoms with Crippen LogP contribution in [0.1, 0.15) is 32.8 Å². The highest BCUT2D eigenvalue weighted by Crippen LogP contribution is 2.27. The molecular formula is C21H38IN3O3. The van der Waals surface area contributed by atoms with E-state index < -0.39 is 0 Å². The van der Waals surface area contributed by atoms with Gasteiger partial charge in [-0.3, -0.25) is 4.99 Å². The van der Waals surface area contributed by atoms with Crippen LogP contribution in [-0.4, -0.2) is 65.0 Å². The van der Waals surface area contributed by atoms with Crippen LogP contribution in [0.4, 0.5) is 0 Å². The van der Waals surface area contributed by atoms with Crippen LogP contribution in [-0.2, 0) is 11.2 Å². The average Bonchev–Trinajstić information content (AvgIpc) is 2.67. The molecule has 28 heavy (non-hydrogen) atoms. The third-order valence-corrected chi connectivity index (χ3v) is 4.04. The molecule has 1 N–H and O–H groups in total. The Morgan fingerprint density at radius 1 is 1.18 bits per heavy atom. The molecule has 0 amide bonds. The summed E-state index contributed by atoms with van der Waals surface area (Å²) in [5.41, 5.74) is 1.21. The zero-order valence-corrected chi connectivity index (χ0v) is 20.6. The first kappa shape index (κ1) is 26.8. The highest BCUT2D eigenvalue weighted by atomic mass is 127. The Kier molecular flexibility index (Phi) is 15.0. The van der Waals surface area contributed by atoms with Gasteiger partial charge in [0.15, 0.2) is 17.5 Å². The zero-order valence-electron chi connectivity index (χ0n) is 18.3. The minimum Gasteiger partial charge on any atom is -0.493 e. The van der Waals surface area contributed by atoms with E-state index in [-0.39, 0.29) is 24.0 Å². The Hall–Kier alpha value is -1.22. The van der Waals surface area contributed by atoms with Crippen molar-refractivity contribution < 1.29 is 14.2 Å². The van der Waals surface area contributed by atoms with Gasteiger partial charge in [-0.25, -0.2) is 0 Å². The number of nitrogens with zero attached hydrogens (tertiary/aromatic N) is 2. The van der Waals surface area contributed by atoms with Crippen LogP contribution in [0.2, 0.25) is 0 Å². The second kappa shape index (κ2) is 15.7. The number of hydrogen-bond donors (Lipinski definition) is 1. The van der Waals surface area contributed by atoms with Gasteiger partial charge in [-0.15, -0.1) is 24.0 Å². The van der Waals surface area contributed by atoms with Crippen molar-refractivity contribution in [3.05, 3.63) is 23.8 Å². The van der Waals surface area contributed by atoms with E-state index in [9.17, 15) is 0 Å². The number of benzene rings is 1. The molecule has 0 bridgehead atoms. The highest BCUT2D eigenvalue weighted by Gasteiger charge is 2.08. The predicted octanol–water partition coefficient (Wildman–Crippen LogP) is 3.82. The predicted molar refractivity (Wildman–Crippen MR) is 128 cm³/mol. The van der Waals surface area contributed by atoms with Gasteiger partial charge in [-0.05, 0) is 43.4 Å². The van der Waals surface area contributed by atoms with Crippen LogP contribution in [0.5, 0.6) is 11.5 Å². The van der Waals surface area contributed by atoms with Crippen LogP contribution in [0, 0.1) is 5.92 Å². The molecule has 0 aliphatic heterocycles. The summed E-state index contributed by atoms with van der Waals surface area (Å²) in [6, 6.07) is 6.05. The second-order valence-electron chi connectivity index (χ2n) is 6.92. The lowest BCUT2D eigenvalue weighted by Crippen LogP contribution is -2.40. The highest BCUT2D eigenvalue weighted by molar-refractivity contribution is 14.0. The van der Waals surface area contributed by atoms with Crippen molar-refractivity contribution in [2.45, 2.75) is 33.6 Å². The Morgan fingerprint density at radius 3 is 2.50 bits per heavy atom. The summed E-state index contributed by atoms with van der Waals surface area (Å²) in [5.74, 6) is 3.03. The fourth-order valence-corrected chi connectivity index (χ4v) is 2.58. The second-order valence-corrected chi connectivity index (χ2v) is 6.92. The van der Waals surface area contributed by atoms with Gasteiger partial charge in [-0.1, -0.05) is 19.9 Å². The first-order valence-electron chi connectivity index (χ1n) is 9.79. The minimum atomic E-state index is 0. The van der Waals surface area contributed by atoms with Gasteiger partial charge >= 0.3 is 0 Å². The number of hydrogen-bond acceptors (Lipinski definition) is 4. The number of nitrogens with one attached hydrogen (secondary N) is 1. The molecule has 0 aliphatic carbocycles. The average molecular weight is 507 g/mol. The first-order valence-corrected chi connectivity index (χ1v) is 9.79. The van der Waals surface area contributed by atoms with Gasteiger partial charge in [0.2, 0.25) is 0 Å². The monoisotopic (exact) mass is 507 g/mol. The summed E-state index contributed by atoms with van der Waals surface area (Å²) in [4.78, 5) is 6.87. The van der Waals surface area contributed by atoms with E-state index in [4.69, 9.17) is 19.2 Å². The number of ether oxygens (including phenoxy) is 3. The van der Waals surface area contributed by atoms with Crippen molar-refractivity contribution in [3.63, 3.8) is 0 Å². The van der Waals surface area contributed by atoms with Crippen LogP contribution in [0.15, 0.2) is 23.2 Å². The standard InChI is InChI=1S/C21H37N3O3.HI/c1-7-22-21(23-12-8-14-27-16-17(2)3)24(4)13-11-18-9-10-19(25-5)20(15-18)26-6;/h9-10,15,17H,7-8,11-14,16H2,1-6H3,(H,22,23);1H. The normalized spacial score (nSPS) is 11.2. The quantitative estimate of drug-likeness (QED) is 0.202. The molecule has 0 aromatic heterocycles. The molecule has 7 heteroatoms. The van der Waals surface area contributed by atoms with Gasteiger partial charge in [-0.2, -0.15) is 0 Å².